The maximum Gasteiger partial charge on any atom is 2.00 e. The van der Waals surface area contributed by atoms with Crippen LogP contribution >= 0.6 is 0 Å². The molecule has 4 aliphatic heterocycles. The second-order valence-corrected chi connectivity index (χ2v) is 33.0. The summed E-state index contributed by atoms with van der Waals surface area (Å²) in [5, 5.41) is 47.2. The van der Waals surface area contributed by atoms with Crippen LogP contribution in [0.2, 0.25) is 0 Å². The average Bonchev–Trinajstić information content (AvgIpc) is 1.60. The zero-order chi connectivity index (χ0) is 88.3. The summed E-state index contributed by atoms with van der Waals surface area (Å²) in [6.07, 6.45) is 14.9. The van der Waals surface area contributed by atoms with Crippen LogP contribution in [0.25, 0.3) is 55.2 Å². The molecular formula is C108H92N14O6Pt4. The van der Waals surface area contributed by atoms with Crippen LogP contribution in [0, 0.1) is 50.9 Å². The Hall–Kier alpha value is -13.2. The Kier molecular flexibility index (Phi) is 29.2. The van der Waals surface area contributed by atoms with E-state index in [0.717, 1.165) is 95.7 Å². The van der Waals surface area contributed by atoms with Gasteiger partial charge in [0.2, 0.25) is 5.88 Å². The van der Waals surface area contributed by atoms with E-state index in [-0.39, 0.29) is 118 Å². The molecule has 0 saturated heterocycles. The van der Waals surface area contributed by atoms with Crippen molar-refractivity contribution in [3.63, 3.8) is 0 Å². The number of hydrogen-bond donors (Lipinski definition) is 4. The van der Waals surface area contributed by atoms with Crippen LogP contribution in [-0.2, 0) is 106 Å². The normalized spacial score (nSPS) is 13.3. The van der Waals surface area contributed by atoms with Crippen molar-refractivity contribution in [3.8, 4) is 52.0 Å². The number of benzene rings is 11. The molecule has 10 heterocycles. The number of para-hydroxylation sites is 14. The molecule has 0 aliphatic carbocycles. The van der Waals surface area contributed by atoms with E-state index < -0.39 is 11.1 Å². The number of hydroxylamine groups is 2. The minimum Gasteiger partial charge on any atom is -0.506 e. The number of phenolic OH excluding ortho intramolecular Hbond substituents is 4. The number of anilines is 6. The zero-order valence-electron chi connectivity index (χ0n) is 73.1. The summed E-state index contributed by atoms with van der Waals surface area (Å²) >= 11 is 0. The van der Waals surface area contributed by atoms with Gasteiger partial charge >= 0.3 is 84.3 Å². The van der Waals surface area contributed by atoms with E-state index in [1.54, 1.807) is 78.7 Å². The van der Waals surface area contributed by atoms with Gasteiger partial charge in [0.15, 0.2) is 0 Å². The van der Waals surface area contributed by atoms with Gasteiger partial charge in [-0.1, -0.05) is 152 Å². The molecule has 0 radical (unpaired) electrons. The molecule has 0 bridgehead atoms. The van der Waals surface area contributed by atoms with Crippen molar-refractivity contribution in [1.82, 2.24) is 43.9 Å². The van der Waals surface area contributed by atoms with Gasteiger partial charge in [-0.2, -0.15) is 91.1 Å². The number of rotatable bonds is 18. The molecule has 0 fully saturated rings. The molecule has 4 aliphatic rings. The van der Waals surface area contributed by atoms with Crippen LogP contribution in [-0.4, -0.2) is 64.4 Å². The number of ether oxygens (including phenoxy) is 1. The summed E-state index contributed by atoms with van der Waals surface area (Å²) in [7, 11) is 0. The number of aromatic nitrogens is 6. The third-order valence-corrected chi connectivity index (χ3v) is 23.4. The van der Waals surface area contributed by atoms with Gasteiger partial charge in [0.1, 0.15) is 34.6 Å². The van der Waals surface area contributed by atoms with Gasteiger partial charge in [0.25, 0.3) is 0 Å². The fourth-order valence-electron chi connectivity index (χ4n) is 16.2. The molecule has 21 rings (SSSR count). The van der Waals surface area contributed by atoms with Crippen molar-refractivity contribution in [3.05, 3.63) is 444 Å². The molecule has 0 unspecified atom stereocenters. The van der Waals surface area contributed by atoms with Crippen molar-refractivity contribution >= 4 is 77.7 Å². The monoisotopic (exact) mass is 2460 g/mol. The van der Waals surface area contributed by atoms with Crippen molar-refractivity contribution < 1.29 is 114 Å². The van der Waals surface area contributed by atoms with Crippen molar-refractivity contribution in [2.24, 2.45) is 0 Å². The Balaban J connectivity index is 0.000000141. The van der Waals surface area contributed by atoms with Crippen LogP contribution in [0.4, 0.5) is 34.1 Å². The van der Waals surface area contributed by atoms with Gasteiger partial charge in [-0.25, -0.2) is 15.0 Å². The largest absolute Gasteiger partial charge is 2.00 e. The number of nitrogens with zero attached hydrogens (tertiary/aromatic N) is 14. The molecule has 4 N–H and O–H groups in total. The first kappa shape index (κ1) is 94.9. The number of pyridine rings is 4. The van der Waals surface area contributed by atoms with Crippen molar-refractivity contribution in [2.75, 3.05) is 24.5 Å². The molecule has 0 atom stereocenters. The third-order valence-electron chi connectivity index (χ3n) is 23.4. The molecule has 670 valence electrons. The summed E-state index contributed by atoms with van der Waals surface area (Å²) in [6, 6.07) is 116. The zero-order valence-corrected chi connectivity index (χ0v) is 82.2. The first-order valence-electron chi connectivity index (χ1n) is 42.1. The number of hydrogen-bond acceptors (Lipinski definition) is 18. The second kappa shape index (κ2) is 40.7. The van der Waals surface area contributed by atoms with Crippen LogP contribution in [0.3, 0.4) is 0 Å². The SMILES string of the molecule is CC(C)(c1[c-]c(C(C)(C)N2C=CN(c3ccccc3O)[CH-]2)ccc1)c1ccccn1.CC(C)(c1cccc(-n2c3[c-]cccc3c3ccccc32)n1)N1C=CN(c2ccccc2O)[CH-]1.CC(C)(c1cccc(-n2c3[c-]cccc3c3ccccc32)n1)N1[CH-]N(c2ccccc2O)c2ccccc21.Oc1ccccc1N1C=CN(Oc2[c-]c(Oc3ccccn3)ccc2)[CH-]1.[Pt+2].[Pt+2].[Pt+2].[Pt+2]. The first-order valence-corrected chi connectivity index (χ1v) is 42.1. The van der Waals surface area contributed by atoms with Gasteiger partial charge in [-0.3, -0.25) is 4.98 Å². The molecule has 17 aromatic rings. The van der Waals surface area contributed by atoms with Gasteiger partial charge < -0.3 is 78.5 Å². The number of fused-ring (bicyclic) bond motifs is 7. The second-order valence-electron chi connectivity index (χ2n) is 33.0. The van der Waals surface area contributed by atoms with Crippen LogP contribution in [0.1, 0.15) is 83.6 Å². The smallest absolute Gasteiger partial charge is 0.506 e. The maximum atomic E-state index is 10.6. The van der Waals surface area contributed by atoms with Gasteiger partial charge in [0, 0.05) is 75.2 Å². The van der Waals surface area contributed by atoms with E-state index in [9.17, 15) is 20.4 Å². The Morgan fingerprint density at radius 1 is 0.326 bits per heavy atom. The van der Waals surface area contributed by atoms with E-state index >= 15 is 0 Å². The topological polar surface area (TPSA) is 187 Å². The Bertz CT molecular complexity index is 6890. The minimum absolute atomic E-state index is 0. The number of phenols is 4. The van der Waals surface area contributed by atoms with E-state index in [4.69, 9.17) is 19.5 Å². The molecule has 11 aromatic carbocycles. The molecule has 20 nitrogen and oxygen atoms in total. The summed E-state index contributed by atoms with van der Waals surface area (Å²) in [4.78, 5) is 38.9. The van der Waals surface area contributed by atoms with Crippen molar-refractivity contribution in [1.29, 1.82) is 0 Å². The standard InChI is InChI=1S/C33H26N4O.C29H24N4O.C26H27N3O.C20H15N3O3.4Pt/c1-33(2,36-22-35(27-16-7-8-17-28(27)36)29-18-9-10-19-30(29)38)31-20-11-21-32(34-31)37-25-14-5-3-12-23(25)24-13-4-6-15-26(24)37;1-29(2,32-19-18-31(20-32)25-14-7-8-15-26(25)34)27-16-9-17-28(30-27)33-23-12-5-3-10-21(23)22-11-4-6-13-24(22)33;1-25(2,24-14-7-8-15-27-24)20-10-9-11-21(18-20)26(3,4)29-17-16-28(19-29)22-12-5-6-13-23(22)30;24-19-9-2-1-8-18(19)22-12-13-23(15-22)26-17-7-5-6-16(14-17)25-20-10-3-4-11-21-20;;;;/h3-14,16-22,38H,1-2H3;3-12,14-20,34H,1-2H3;5-17,19,30H,1-4H3;1-13,15,24H;;;;/q4*-2;4*+2. The first-order chi connectivity index (χ1) is 62.1. The Labute approximate surface area is 827 Å². The molecular weight excluding hydrogens is 2370 g/mol. The summed E-state index contributed by atoms with van der Waals surface area (Å²) < 4.78 is 10.0. The Morgan fingerprint density at radius 2 is 0.750 bits per heavy atom. The van der Waals surface area contributed by atoms with Crippen LogP contribution in [0.15, 0.2) is 365 Å². The van der Waals surface area contributed by atoms with Gasteiger partial charge in [-0.15, -0.1) is 48.5 Å². The molecule has 132 heavy (non-hydrogen) atoms. The van der Waals surface area contributed by atoms with Crippen molar-refractivity contribution in [2.45, 2.75) is 77.4 Å². The van der Waals surface area contributed by atoms with Crippen LogP contribution < -0.4 is 34.1 Å². The third kappa shape index (κ3) is 19.3. The van der Waals surface area contributed by atoms with Gasteiger partial charge in [-0.05, 0) is 199 Å². The summed E-state index contributed by atoms with van der Waals surface area (Å²) in [5.41, 5.74) is 12.8. The predicted molar refractivity (Wildman–Crippen MR) is 507 cm³/mol. The predicted octanol–water partition coefficient (Wildman–Crippen LogP) is 23.7. The molecule has 24 heteroatoms. The van der Waals surface area contributed by atoms with E-state index in [2.05, 4.69) is 248 Å². The fraction of sp³-hybridized carbons (Fsp3) is 0.111. The minimum atomic E-state index is -0.492. The Morgan fingerprint density at radius 3 is 1.28 bits per heavy atom. The number of aromatic hydroxyl groups is 4. The molecule has 0 amide bonds. The molecule has 0 spiro atoms. The maximum absolute atomic E-state index is 10.6. The summed E-state index contributed by atoms with van der Waals surface area (Å²) in [5.74, 6) is 4.11. The van der Waals surface area contributed by atoms with E-state index in [1.165, 1.54) is 21.2 Å². The van der Waals surface area contributed by atoms with Gasteiger partial charge in [0.05, 0.1) is 45.2 Å². The summed E-state index contributed by atoms with van der Waals surface area (Å²) in [6.45, 7) is 25.1. The molecule has 6 aromatic heterocycles. The fourth-order valence-corrected chi connectivity index (χ4v) is 16.2. The average molecular weight is 2460 g/mol. The van der Waals surface area contributed by atoms with E-state index in [0.29, 0.717) is 23.1 Å². The molecule has 0 saturated carbocycles. The van der Waals surface area contributed by atoms with E-state index in [1.807, 2.05) is 199 Å². The quantitative estimate of drug-likeness (QED) is 0.0594. The van der Waals surface area contributed by atoms with Crippen LogP contribution in [0.5, 0.6) is 40.4 Å².